The van der Waals surface area contributed by atoms with E-state index < -0.39 is 0 Å². The normalized spacial score (nSPS) is 12.5. The van der Waals surface area contributed by atoms with Gasteiger partial charge >= 0.3 is 0 Å². The molecule has 100 valence electrons. The van der Waals surface area contributed by atoms with Crippen molar-refractivity contribution in [2.24, 2.45) is 0 Å². The second-order valence-electron chi connectivity index (χ2n) is 4.85. The largest absolute Gasteiger partial charge is 0.507 e. The predicted octanol–water partition coefficient (Wildman–Crippen LogP) is 1.70. The van der Waals surface area contributed by atoms with Crippen LogP contribution in [0, 0.1) is 6.92 Å². The van der Waals surface area contributed by atoms with E-state index in [0.717, 1.165) is 11.1 Å². The molecule has 1 aromatic rings. The Bertz CT molecular complexity index is 416. The number of phenols is 1. The number of aryl methyl sites for hydroxylation is 1. The van der Waals surface area contributed by atoms with E-state index in [1.807, 2.05) is 45.9 Å². The first-order valence-corrected chi connectivity index (χ1v) is 6.23. The van der Waals surface area contributed by atoms with Crippen LogP contribution in [-0.4, -0.2) is 23.1 Å². The lowest BCUT2D eigenvalue weighted by Gasteiger charge is -2.16. The van der Waals surface area contributed by atoms with Crippen LogP contribution < -0.4 is 10.6 Å². The minimum Gasteiger partial charge on any atom is -0.507 e. The molecule has 1 rings (SSSR count). The van der Waals surface area contributed by atoms with Crippen LogP contribution in [-0.2, 0) is 11.3 Å². The number of rotatable bonds is 5. The van der Waals surface area contributed by atoms with Crippen molar-refractivity contribution in [1.82, 2.24) is 10.6 Å². The highest BCUT2D eigenvalue weighted by Gasteiger charge is 2.13. The Hall–Kier alpha value is -1.55. The highest BCUT2D eigenvalue weighted by Crippen LogP contribution is 2.20. The van der Waals surface area contributed by atoms with Crippen molar-refractivity contribution in [3.63, 3.8) is 0 Å². The van der Waals surface area contributed by atoms with Gasteiger partial charge in [0.15, 0.2) is 0 Å². The molecule has 0 heterocycles. The molecule has 0 aliphatic carbocycles. The van der Waals surface area contributed by atoms with E-state index in [0.29, 0.717) is 12.3 Å². The maximum absolute atomic E-state index is 11.7. The number of para-hydroxylation sites is 1. The average Bonchev–Trinajstić information content (AvgIpc) is 2.29. The van der Waals surface area contributed by atoms with Crippen LogP contribution in [0.15, 0.2) is 18.2 Å². The second-order valence-corrected chi connectivity index (χ2v) is 4.85. The lowest BCUT2D eigenvalue weighted by atomic mass is 10.1. The Morgan fingerprint density at radius 2 is 2.00 bits per heavy atom. The number of amides is 1. The molecule has 18 heavy (non-hydrogen) atoms. The SMILES string of the molecule is Cc1cccc(CNC(C)C(=O)NC(C)C)c1O. The Morgan fingerprint density at radius 3 is 2.61 bits per heavy atom. The Kier molecular flexibility index (Phi) is 5.16. The number of hydrogen-bond acceptors (Lipinski definition) is 3. The van der Waals surface area contributed by atoms with Gasteiger partial charge in [0, 0.05) is 18.2 Å². The summed E-state index contributed by atoms with van der Waals surface area (Å²) < 4.78 is 0. The summed E-state index contributed by atoms with van der Waals surface area (Å²) in [6.45, 7) is 7.99. The van der Waals surface area contributed by atoms with Crippen molar-refractivity contribution in [2.75, 3.05) is 0 Å². The topological polar surface area (TPSA) is 61.4 Å². The number of nitrogens with one attached hydrogen (secondary N) is 2. The van der Waals surface area contributed by atoms with E-state index >= 15 is 0 Å². The quantitative estimate of drug-likeness (QED) is 0.745. The van der Waals surface area contributed by atoms with E-state index in [-0.39, 0.29) is 18.0 Å². The van der Waals surface area contributed by atoms with Crippen LogP contribution in [0.5, 0.6) is 5.75 Å². The summed E-state index contributed by atoms with van der Waals surface area (Å²) in [5.41, 5.74) is 1.65. The zero-order chi connectivity index (χ0) is 13.7. The summed E-state index contributed by atoms with van der Waals surface area (Å²) in [4.78, 5) is 11.7. The average molecular weight is 250 g/mol. The molecule has 0 saturated heterocycles. The van der Waals surface area contributed by atoms with E-state index in [1.165, 1.54) is 0 Å². The third kappa shape index (κ3) is 4.04. The first kappa shape index (κ1) is 14.5. The van der Waals surface area contributed by atoms with Crippen molar-refractivity contribution in [3.8, 4) is 5.75 Å². The monoisotopic (exact) mass is 250 g/mol. The fraction of sp³-hybridized carbons (Fsp3) is 0.500. The molecular weight excluding hydrogens is 228 g/mol. The third-order valence-electron chi connectivity index (χ3n) is 2.74. The van der Waals surface area contributed by atoms with Gasteiger partial charge in [0.2, 0.25) is 5.91 Å². The molecule has 1 amide bonds. The van der Waals surface area contributed by atoms with Gasteiger partial charge in [-0.1, -0.05) is 18.2 Å². The van der Waals surface area contributed by atoms with Gasteiger partial charge in [0.05, 0.1) is 6.04 Å². The number of phenolic OH excluding ortho intramolecular Hbond substituents is 1. The van der Waals surface area contributed by atoms with Crippen molar-refractivity contribution in [1.29, 1.82) is 0 Å². The molecule has 4 nitrogen and oxygen atoms in total. The summed E-state index contributed by atoms with van der Waals surface area (Å²) in [5, 5.41) is 15.8. The summed E-state index contributed by atoms with van der Waals surface area (Å²) >= 11 is 0. The summed E-state index contributed by atoms with van der Waals surface area (Å²) in [6.07, 6.45) is 0. The molecule has 1 aromatic carbocycles. The molecule has 0 bridgehead atoms. The van der Waals surface area contributed by atoms with Crippen LogP contribution >= 0.6 is 0 Å². The van der Waals surface area contributed by atoms with Gasteiger partial charge in [-0.3, -0.25) is 4.79 Å². The lowest BCUT2D eigenvalue weighted by Crippen LogP contribution is -2.44. The smallest absolute Gasteiger partial charge is 0.237 e. The number of hydrogen-bond donors (Lipinski definition) is 3. The van der Waals surface area contributed by atoms with E-state index in [4.69, 9.17) is 0 Å². The second kappa shape index (κ2) is 6.40. The highest BCUT2D eigenvalue weighted by molar-refractivity contribution is 5.81. The first-order valence-electron chi connectivity index (χ1n) is 6.23. The first-order chi connectivity index (χ1) is 8.41. The van der Waals surface area contributed by atoms with Gasteiger partial charge in [-0.2, -0.15) is 0 Å². The lowest BCUT2D eigenvalue weighted by molar-refractivity contribution is -0.123. The summed E-state index contributed by atoms with van der Waals surface area (Å²) in [5.74, 6) is 0.263. The summed E-state index contributed by atoms with van der Waals surface area (Å²) in [6, 6.07) is 5.45. The number of benzene rings is 1. The molecular formula is C14H22N2O2. The van der Waals surface area contributed by atoms with E-state index in [9.17, 15) is 9.90 Å². The van der Waals surface area contributed by atoms with Gasteiger partial charge in [0.1, 0.15) is 5.75 Å². The zero-order valence-electron chi connectivity index (χ0n) is 11.4. The molecule has 0 fully saturated rings. The summed E-state index contributed by atoms with van der Waals surface area (Å²) in [7, 11) is 0. The number of carbonyl (C=O) groups excluding carboxylic acids is 1. The Morgan fingerprint density at radius 1 is 1.33 bits per heavy atom. The van der Waals surface area contributed by atoms with Crippen LogP contribution in [0.25, 0.3) is 0 Å². The fourth-order valence-corrected chi connectivity index (χ4v) is 1.63. The third-order valence-corrected chi connectivity index (χ3v) is 2.74. The molecule has 0 aliphatic rings. The van der Waals surface area contributed by atoms with Crippen molar-refractivity contribution in [2.45, 2.75) is 46.3 Å². The van der Waals surface area contributed by atoms with Gasteiger partial charge in [-0.05, 0) is 33.3 Å². The predicted molar refractivity (Wildman–Crippen MR) is 72.4 cm³/mol. The number of carbonyl (C=O) groups is 1. The molecule has 4 heteroatoms. The van der Waals surface area contributed by atoms with Crippen LogP contribution in [0.4, 0.5) is 0 Å². The van der Waals surface area contributed by atoms with Gasteiger partial charge in [-0.25, -0.2) is 0 Å². The fourth-order valence-electron chi connectivity index (χ4n) is 1.63. The van der Waals surface area contributed by atoms with Gasteiger partial charge in [-0.15, -0.1) is 0 Å². The molecule has 3 N–H and O–H groups in total. The number of aromatic hydroxyl groups is 1. The maximum atomic E-state index is 11.7. The minimum atomic E-state index is -0.285. The van der Waals surface area contributed by atoms with Crippen molar-refractivity contribution >= 4 is 5.91 Å². The minimum absolute atomic E-state index is 0.0304. The molecule has 1 atom stereocenters. The van der Waals surface area contributed by atoms with Crippen molar-refractivity contribution in [3.05, 3.63) is 29.3 Å². The van der Waals surface area contributed by atoms with Crippen LogP contribution in [0.2, 0.25) is 0 Å². The molecule has 1 unspecified atom stereocenters. The Balaban J connectivity index is 2.55. The maximum Gasteiger partial charge on any atom is 0.237 e. The Labute approximate surface area is 108 Å². The standard InChI is InChI=1S/C14H22N2O2/c1-9(2)16-14(18)11(4)15-8-12-7-5-6-10(3)13(12)17/h5-7,9,11,15,17H,8H2,1-4H3,(H,16,18). The van der Waals surface area contributed by atoms with Crippen LogP contribution in [0.3, 0.4) is 0 Å². The van der Waals surface area contributed by atoms with E-state index in [2.05, 4.69) is 10.6 Å². The molecule has 0 saturated carbocycles. The molecule has 0 spiro atoms. The molecule has 0 aromatic heterocycles. The zero-order valence-corrected chi connectivity index (χ0v) is 11.4. The van der Waals surface area contributed by atoms with Crippen molar-refractivity contribution < 1.29 is 9.90 Å². The van der Waals surface area contributed by atoms with Gasteiger partial charge < -0.3 is 15.7 Å². The molecule has 0 radical (unpaired) electrons. The van der Waals surface area contributed by atoms with Crippen LogP contribution in [0.1, 0.15) is 31.9 Å². The molecule has 0 aliphatic heterocycles. The van der Waals surface area contributed by atoms with Gasteiger partial charge in [0.25, 0.3) is 0 Å². The van der Waals surface area contributed by atoms with E-state index in [1.54, 1.807) is 0 Å². The highest BCUT2D eigenvalue weighted by atomic mass is 16.3.